The van der Waals surface area contributed by atoms with Gasteiger partial charge in [0.05, 0.1) is 40.4 Å². The normalized spacial score (nSPS) is 12.3. The number of hydrogen-bond donors (Lipinski definition) is 0. The molecule has 0 amide bonds. The minimum Gasteiger partial charge on any atom is -0.346 e. The van der Waals surface area contributed by atoms with Crippen LogP contribution < -0.4 is 0 Å². The van der Waals surface area contributed by atoms with Crippen LogP contribution in [0.25, 0.3) is 33.8 Å². The van der Waals surface area contributed by atoms with Gasteiger partial charge in [-0.15, -0.1) is 0 Å². The lowest BCUT2D eigenvalue weighted by Gasteiger charge is -2.15. The first kappa shape index (κ1) is 25.3. The van der Waals surface area contributed by atoms with Gasteiger partial charge in [-0.3, -0.25) is 0 Å². The van der Waals surface area contributed by atoms with Gasteiger partial charge in [-0.1, -0.05) is 12.1 Å². The van der Waals surface area contributed by atoms with Crippen LogP contribution >= 0.6 is 0 Å². The summed E-state index contributed by atoms with van der Waals surface area (Å²) in [5.74, 6) is -2.01. The first-order valence-corrected chi connectivity index (χ1v) is 10.9. The van der Waals surface area contributed by atoms with Gasteiger partial charge in [-0.2, -0.15) is 36.5 Å². The fourth-order valence-electron chi connectivity index (χ4n) is 3.95. The molecule has 194 valence electrons. The zero-order chi connectivity index (χ0) is 27.2. The van der Waals surface area contributed by atoms with E-state index in [0.717, 1.165) is 12.1 Å². The van der Waals surface area contributed by atoms with Gasteiger partial charge in [-0.25, -0.2) is 13.8 Å². The van der Waals surface area contributed by atoms with Gasteiger partial charge in [0.1, 0.15) is 0 Å². The summed E-state index contributed by atoms with van der Waals surface area (Å²) < 4.78 is 109. The average Bonchev–Trinajstić information content (AvgIpc) is 3.28. The molecule has 0 saturated heterocycles. The van der Waals surface area contributed by atoms with Crippen LogP contribution in [0.2, 0.25) is 0 Å². The minimum atomic E-state index is -5.04. The van der Waals surface area contributed by atoms with Gasteiger partial charge in [0, 0.05) is 29.1 Å². The molecule has 0 bridgehead atoms. The summed E-state index contributed by atoms with van der Waals surface area (Å²) in [6.07, 6.45) is -6.68. The van der Waals surface area contributed by atoms with Gasteiger partial charge >= 0.3 is 12.4 Å². The molecule has 0 unspecified atom stereocenters. The molecule has 2 aromatic carbocycles. The van der Waals surface area contributed by atoms with E-state index in [1.54, 1.807) is 29.1 Å². The van der Waals surface area contributed by atoms with Gasteiger partial charge < -0.3 is 4.57 Å². The number of fused-ring (bicyclic) bond motifs is 1. The smallest absolute Gasteiger partial charge is 0.346 e. The third kappa shape index (κ3) is 4.93. The van der Waals surface area contributed by atoms with Crippen LogP contribution in [0, 0.1) is 11.6 Å². The molecule has 0 atom stereocenters. The van der Waals surface area contributed by atoms with Crippen molar-refractivity contribution in [3.05, 3.63) is 102 Å². The van der Waals surface area contributed by atoms with Crippen molar-refractivity contribution >= 4 is 0 Å². The lowest BCUT2D eigenvalue weighted by molar-refractivity contribution is -0.142. The van der Waals surface area contributed by atoms with Crippen molar-refractivity contribution in [2.75, 3.05) is 0 Å². The molecule has 38 heavy (non-hydrogen) atoms. The molecular weight excluding hydrogens is 520 g/mol. The third-order valence-corrected chi connectivity index (χ3v) is 5.78. The predicted molar refractivity (Wildman–Crippen MR) is 121 cm³/mol. The van der Waals surface area contributed by atoms with Gasteiger partial charge in [0.25, 0.3) is 0 Å². The summed E-state index contributed by atoms with van der Waals surface area (Å²) in [5, 5.41) is 7.72. The van der Waals surface area contributed by atoms with E-state index in [2.05, 4.69) is 15.2 Å². The summed E-state index contributed by atoms with van der Waals surface area (Å²) >= 11 is 0. The second kappa shape index (κ2) is 9.19. The first-order valence-electron chi connectivity index (χ1n) is 10.9. The summed E-state index contributed by atoms with van der Waals surface area (Å²) in [5.41, 5.74) is -1.91. The highest BCUT2D eigenvalue weighted by molar-refractivity contribution is 5.73. The molecule has 0 radical (unpaired) electrons. The van der Waals surface area contributed by atoms with Crippen molar-refractivity contribution in [1.29, 1.82) is 0 Å². The fraction of sp³-hybridized carbons (Fsp3) is 0.115. The Bertz CT molecular complexity index is 1590. The number of aromatic nitrogens is 4. The molecule has 3 heterocycles. The standard InChI is InChI=1S/C26H14F8N4/c27-20-3-1-2-18(24(20)28)22-10-14-8-9-38(13-23(14)35-22)12-16-5-7-21(37-36-16)17-6-4-15(25(29,30)31)11-19(17)26(32,33)34/h1-11,13H,12H2. The summed E-state index contributed by atoms with van der Waals surface area (Å²) in [6.45, 7) is 0.138. The highest BCUT2D eigenvalue weighted by atomic mass is 19.4. The number of benzene rings is 2. The monoisotopic (exact) mass is 534 g/mol. The lowest BCUT2D eigenvalue weighted by atomic mass is 10.00. The number of alkyl halides is 6. The van der Waals surface area contributed by atoms with Crippen LogP contribution in [0.3, 0.4) is 0 Å². The van der Waals surface area contributed by atoms with Crippen LogP contribution in [0.5, 0.6) is 0 Å². The van der Waals surface area contributed by atoms with Gasteiger partial charge in [-0.05, 0) is 48.5 Å². The van der Waals surface area contributed by atoms with Crippen LogP contribution in [0.4, 0.5) is 35.1 Å². The van der Waals surface area contributed by atoms with E-state index in [0.29, 0.717) is 23.0 Å². The molecule has 0 N–H and O–H groups in total. The van der Waals surface area contributed by atoms with E-state index in [9.17, 15) is 35.1 Å². The molecule has 0 saturated carbocycles. The molecule has 4 nitrogen and oxygen atoms in total. The third-order valence-electron chi connectivity index (χ3n) is 5.78. The molecule has 0 aliphatic carbocycles. The minimum absolute atomic E-state index is 0.00991. The topological polar surface area (TPSA) is 43.6 Å². The number of halogens is 8. The number of hydrogen-bond acceptors (Lipinski definition) is 3. The van der Waals surface area contributed by atoms with Gasteiger partial charge in [0.15, 0.2) is 11.6 Å². The second-order valence-corrected chi connectivity index (χ2v) is 8.37. The maximum Gasteiger partial charge on any atom is 0.417 e. The van der Waals surface area contributed by atoms with E-state index in [4.69, 9.17) is 0 Å². The fourth-order valence-corrected chi connectivity index (χ4v) is 3.95. The van der Waals surface area contributed by atoms with Crippen molar-refractivity contribution in [2.45, 2.75) is 18.9 Å². The molecule has 1 aromatic heterocycles. The van der Waals surface area contributed by atoms with Crippen LogP contribution in [0.15, 0.2) is 73.1 Å². The quantitative estimate of drug-likeness (QED) is 0.225. The zero-order valence-corrected chi connectivity index (χ0v) is 18.9. The Morgan fingerprint density at radius 1 is 0.711 bits per heavy atom. The SMILES string of the molecule is Fc1cccc(-c2cc3ccn(Cc4ccc(-c5ccc(C(F)(F)F)cc5C(F)(F)F)nn4)cc-3n2)c1F. The van der Waals surface area contributed by atoms with E-state index in [1.165, 1.54) is 24.3 Å². The average molecular weight is 534 g/mol. The predicted octanol–water partition coefficient (Wildman–Crippen LogP) is 7.48. The van der Waals surface area contributed by atoms with Crippen molar-refractivity contribution in [3.8, 4) is 33.8 Å². The Kier molecular flexibility index (Phi) is 6.12. The van der Waals surface area contributed by atoms with Crippen LogP contribution in [-0.2, 0) is 18.9 Å². The van der Waals surface area contributed by atoms with E-state index < -0.39 is 40.7 Å². The van der Waals surface area contributed by atoms with Crippen molar-refractivity contribution in [1.82, 2.24) is 19.7 Å². The van der Waals surface area contributed by atoms with Crippen molar-refractivity contribution < 1.29 is 35.1 Å². The lowest BCUT2D eigenvalue weighted by Crippen LogP contribution is -2.12. The largest absolute Gasteiger partial charge is 0.417 e. The van der Waals surface area contributed by atoms with Crippen molar-refractivity contribution in [2.24, 2.45) is 0 Å². The second-order valence-electron chi connectivity index (χ2n) is 8.37. The molecule has 3 aromatic rings. The van der Waals surface area contributed by atoms with E-state index in [1.807, 2.05) is 0 Å². The molecule has 2 aliphatic rings. The Morgan fingerprint density at radius 3 is 2.18 bits per heavy atom. The molecular formula is C26H14F8N4. The molecule has 0 spiro atoms. The number of pyridine rings is 1. The maximum atomic E-state index is 14.2. The Balaban J connectivity index is 1.41. The van der Waals surface area contributed by atoms with Crippen molar-refractivity contribution in [3.63, 3.8) is 0 Å². The number of nitrogens with zero attached hydrogens (tertiary/aromatic N) is 4. The zero-order valence-electron chi connectivity index (χ0n) is 18.9. The molecule has 12 heteroatoms. The highest BCUT2D eigenvalue weighted by Crippen LogP contribution is 2.40. The molecule has 0 fully saturated rings. The number of rotatable bonds is 4. The van der Waals surface area contributed by atoms with Crippen LogP contribution in [0.1, 0.15) is 16.8 Å². The van der Waals surface area contributed by atoms with Crippen LogP contribution in [-0.4, -0.2) is 19.7 Å². The Morgan fingerprint density at radius 2 is 1.50 bits per heavy atom. The van der Waals surface area contributed by atoms with E-state index in [-0.39, 0.29) is 29.6 Å². The Hall–Kier alpha value is -4.35. The van der Waals surface area contributed by atoms with E-state index >= 15 is 0 Å². The Labute approximate surface area is 209 Å². The maximum absolute atomic E-state index is 14.2. The van der Waals surface area contributed by atoms with Gasteiger partial charge in [0.2, 0.25) is 0 Å². The first-order chi connectivity index (χ1) is 17.9. The molecule has 5 rings (SSSR count). The summed E-state index contributed by atoms with van der Waals surface area (Å²) in [7, 11) is 0. The summed E-state index contributed by atoms with van der Waals surface area (Å²) in [4.78, 5) is 4.35. The highest BCUT2D eigenvalue weighted by Gasteiger charge is 2.38. The molecule has 2 aliphatic heterocycles. The summed E-state index contributed by atoms with van der Waals surface area (Å²) in [6, 6.07) is 11.1.